The van der Waals surface area contributed by atoms with Crippen molar-refractivity contribution in [1.82, 2.24) is 19.9 Å². The van der Waals surface area contributed by atoms with Gasteiger partial charge in [0.2, 0.25) is 11.8 Å². The quantitative estimate of drug-likeness (QED) is 0.794. The molecule has 1 N–H and O–H groups in total. The zero-order valence-corrected chi connectivity index (χ0v) is 17.7. The van der Waals surface area contributed by atoms with Gasteiger partial charge >= 0.3 is 0 Å². The lowest BCUT2D eigenvalue weighted by Gasteiger charge is -2.36. The monoisotopic (exact) mass is 405 g/mol. The van der Waals surface area contributed by atoms with E-state index in [9.17, 15) is 4.79 Å². The standard InChI is InChI=1S/C20H28ClN5O2/c1-13(2)19-23-18(28-24-19)12-25-8-10-26(11-9-25)15(4)20(27)22-17-7-5-6-16(21)14(17)3/h5-7,13,15H,8-12H2,1-4H3,(H,22,27). The zero-order valence-electron chi connectivity index (χ0n) is 16.9. The van der Waals surface area contributed by atoms with E-state index in [-0.39, 0.29) is 17.9 Å². The number of nitrogens with one attached hydrogen (secondary N) is 1. The van der Waals surface area contributed by atoms with Crippen LogP contribution in [0.15, 0.2) is 22.7 Å². The molecule has 28 heavy (non-hydrogen) atoms. The predicted molar refractivity (Wildman–Crippen MR) is 110 cm³/mol. The fourth-order valence-electron chi connectivity index (χ4n) is 3.21. The van der Waals surface area contributed by atoms with E-state index in [1.807, 2.05) is 45.9 Å². The number of aromatic nitrogens is 2. The molecular weight excluding hydrogens is 378 g/mol. The smallest absolute Gasteiger partial charge is 0.241 e. The van der Waals surface area contributed by atoms with Crippen molar-refractivity contribution in [2.24, 2.45) is 0 Å². The van der Waals surface area contributed by atoms with Crippen molar-refractivity contribution in [2.45, 2.75) is 46.2 Å². The van der Waals surface area contributed by atoms with Crippen molar-refractivity contribution in [2.75, 3.05) is 31.5 Å². The highest BCUT2D eigenvalue weighted by atomic mass is 35.5. The molecule has 0 saturated carbocycles. The summed E-state index contributed by atoms with van der Waals surface area (Å²) in [5.74, 6) is 1.64. The Bertz CT molecular complexity index is 815. The molecule has 1 aromatic carbocycles. The topological polar surface area (TPSA) is 74.5 Å². The highest BCUT2D eigenvalue weighted by Crippen LogP contribution is 2.23. The summed E-state index contributed by atoms with van der Waals surface area (Å²) in [5, 5.41) is 7.67. The first-order valence-corrected chi connectivity index (χ1v) is 10.1. The Balaban J connectivity index is 1.50. The van der Waals surface area contributed by atoms with Gasteiger partial charge in [-0.1, -0.05) is 36.7 Å². The van der Waals surface area contributed by atoms with E-state index in [0.717, 1.165) is 43.3 Å². The van der Waals surface area contributed by atoms with Crippen LogP contribution < -0.4 is 5.32 Å². The molecule has 1 aliphatic heterocycles. The van der Waals surface area contributed by atoms with Gasteiger partial charge in [0.1, 0.15) is 0 Å². The maximum Gasteiger partial charge on any atom is 0.241 e. The minimum Gasteiger partial charge on any atom is -0.338 e. The lowest BCUT2D eigenvalue weighted by atomic mass is 10.1. The van der Waals surface area contributed by atoms with Crippen LogP contribution in [0.5, 0.6) is 0 Å². The average molecular weight is 406 g/mol. The molecule has 1 aromatic heterocycles. The second kappa shape index (κ2) is 9.03. The van der Waals surface area contributed by atoms with Crippen LogP contribution in [-0.4, -0.2) is 58.1 Å². The number of hydrogen-bond acceptors (Lipinski definition) is 6. The van der Waals surface area contributed by atoms with Crippen LogP contribution in [0.4, 0.5) is 5.69 Å². The third kappa shape index (κ3) is 4.90. The Hall–Kier alpha value is -1.96. The average Bonchev–Trinajstić information content (AvgIpc) is 3.14. The van der Waals surface area contributed by atoms with Crippen LogP contribution in [0.2, 0.25) is 5.02 Å². The second-order valence-corrected chi connectivity index (χ2v) is 8.00. The zero-order chi connectivity index (χ0) is 20.3. The molecule has 7 nitrogen and oxygen atoms in total. The summed E-state index contributed by atoms with van der Waals surface area (Å²) in [5.41, 5.74) is 1.65. The summed E-state index contributed by atoms with van der Waals surface area (Å²) in [6.45, 7) is 11.9. The highest BCUT2D eigenvalue weighted by Gasteiger charge is 2.26. The van der Waals surface area contributed by atoms with Gasteiger partial charge in [-0.25, -0.2) is 0 Å². The minimum absolute atomic E-state index is 0.0164. The van der Waals surface area contributed by atoms with E-state index in [1.54, 1.807) is 0 Å². The number of nitrogens with zero attached hydrogens (tertiary/aromatic N) is 4. The molecule has 3 rings (SSSR count). The van der Waals surface area contributed by atoms with Crippen LogP contribution in [-0.2, 0) is 11.3 Å². The molecule has 0 bridgehead atoms. The first-order chi connectivity index (χ1) is 13.3. The van der Waals surface area contributed by atoms with Gasteiger partial charge in [-0.05, 0) is 31.5 Å². The number of rotatable bonds is 6. The molecule has 2 aromatic rings. The molecule has 1 fully saturated rings. The fourth-order valence-corrected chi connectivity index (χ4v) is 3.39. The third-order valence-corrected chi connectivity index (χ3v) is 5.63. The molecule has 1 saturated heterocycles. The predicted octanol–water partition coefficient (Wildman–Crippen LogP) is 3.30. The summed E-state index contributed by atoms with van der Waals surface area (Å²) in [7, 11) is 0. The van der Waals surface area contributed by atoms with Gasteiger partial charge in [0, 0.05) is 42.8 Å². The molecule has 0 spiro atoms. The largest absolute Gasteiger partial charge is 0.338 e. The molecule has 152 valence electrons. The number of carbonyl (C=O) groups excluding carboxylic acids is 1. The van der Waals surface area contributed by atoms with Gasteiger partial charge in [-0.15, -0.1) is 0 Å². The molecular formula is C20H28ClN5O2. The number of piperazine rings is 1. The van der Waals surface area contributed by atoms with Crippen LogP contribution in [0.3, 0.4) is 0 Å². The van der Waals surface area contributed by atoms with E-state index in [1.165, 1.54) is 0 Å². The Labute approximate surface area is 171 Å². The van der Waals surface area contributed by atoms with Gasteiger partial charge in [0.15, 0.2) is 5.82 Å². The van der Waals surface area contributed by atoms with E-state index in [4.69, 9.17) is 16.1 Å². The Morgan fingerprint density at radius 1 is 1.25 bits per heavy atom. The molecule has 2 heterocycles. The summed E-state index contributed by atoms with van der Waals surface area (Å²) in [6.07, 6.45) is 0. The molecule has 8 heteroatoms. The molecule has 1 amide bonds. The maximum absolute atomic E-state index is 12.7. The summed E-state index contributed by atoms with van der Waals surface area (Å²) in [6, 6.07) is 5.33. The first kappa shape index (κ1) is 20.8. The molecule has 1 unspecified atom stereocenters. The third-order valence-electron chi connectivity index (χ3n) is 5.22. The Kier molecular flexibility index (Phi) is 6.69. The summed E-state index contributed by atoms with van der Waals surface area (Å²) in [4.78, 5) is 21.6. The van der Waals surface area contributed by atoms with Gasteiger partial charge < -0.3 is 9.84 Å². The Morgan fingerprint density at radius 3 is 2.61 bits per heavy atom. The molecule has 0 radical (unpaired) electrons. The van der Waals surface area contributed by atoms with Gasteiger partial charge in [0.05, 0.1) is 12.6 Å². The Morgan fingerprint density at radius 2 is 1.96 bits per heavy atom. The van der Waals surface area contributed by atoms with Crippen molar-refractivity contribution in [1.29, 1.82) is 0 Å². The lowest BCUT2D eigenvalue weighted by molar-refractivity contribution is -0.121. The first-order valence-electron chi connectivity index (χ1n) is 9.70. The molecule has 1 aliphatic rings. The van der Waals surface area contributed by atoms with Crippen LogP contribution >= 0.6 is 11.6 Å². The van der Waals surface area contributed by atoms with Crippen molar-refractivity contribution in [3.05, 3.63) is 40.5 Å². The van der Waals surface area contributed by atoms with Crippen molar-refractivity contribution in [3.8, 4) is 0 Å². The van der Waals surface area contributed by atoms with Crippen molar-refractivity contribution < 1.29 is 9.32 Å². The number of anilines is 1. The number of halogens is 1. The molecule has 0 aliphatic carbocycles. The van der Waals surface area contributed by atoms with E-state index < -0.39 is 0 Å². The van der Waals surface area contributed by atoms with Gasteiger partial charge in [0.25, 0.3) is 0 Å². The molecule has 1 atom stereocenters. The maximum atomic E-state index is 12.7. The van der Waals surface area contributed by atoms with Crippen LogP contribution in [0.25, 0.3) is 0 Å². The lowest BCUT2D eigenvalue weighted by Crippen LogP contribution is -2.52. The SMILES string of the molecule is Cc1c(Cl)cccc1NC(=O)C(C)N1CCN(Cc2nc(C(C)C)no2)CC1. The number of hydrogen-bond donors (Lipinski definition) is 1. The highest BCUT2D eigenvalue weighted by molar-refractivity contribution is 6.31. The van der Waals surface area contributed by atoms with E-state index in [2.05, 4.69) is 25.3 Å². The van der Waals surface area contributed by atoms with Crippen LogP contribution in [0, 0.1) is 6.92 Å². The number of carbonyl (C=O) groups is 1. The number of benzene rings is 1. The van der Waals surface area contributed by atoms with Gasteiger partial charge in [-0.3, -0.25) is 14.6 Å². The second-order valence-electron chi connectivity index (χ2n) is 7.59. The fraction of sp³-hybridized carbons (Fsp3) is 0.550. The normalized spacial score (nSPS) is 17.1. The van der Waals surface area contributed by atoms with E-state index >= 15 is 0 Å². The minimum atomic E-state index is -0.212. The van der Waals surface area contributed by atoms with Crippen molar-refractivity contribution in [3.63, 3.8) is 0 Å². The van der Waals surface area contributed by atoms with Crippen LogP contribution in [0.1, 0.15) is 44.0 Å². The number of amides is 1. The summed E-state index contributed by atoms with van der Waals surface area (Å²) < 4.78 is 5.34. The summed E-state index contributed by atoms with van der Waals surface area (Å²) >= 11 is 6.14. The van der Waals surface area contributed by atoms with Crippen molar-refractivity contribution >= 4 is 23.2 Å². The van der Waals surface area contributed by atoms with E-state index in [0.29, 0.717) is 17.5 Å². The van der Waals surface area contributed by atoms with Gasteiger partial charge in [-0.2, -0.15) is 4.98 Å².